The molecule has 1 fully saturated rings. The number of halogens is 1. The molecule has 1 aliphatic heterocycles. The lowest BCUT2D eigenvalue weighted by Gasteiger charge is -2.26. The summed E-state index contributed by atoms with van der Waals surface area (Å²) >= 11 is 6.20. The lowest BCUT2D eigenvalue weighted by Crippen LogP contribution is -2.29. The molecule has 0 aliphatic carbocycles. The van der Waals surface area contributed by atoms with E-state index in [2.05, 4.69) is 0 Å². The quantitative estimate of drug-likeness (QED) is 0.246. The Morgan fingerprint density at radius 2 is 1.71 bits per heavy atom. The third kappa shape index (κ3) is 4.75. The predicted molar refractivity (Wildman–Crippen MR) is 136 cm³/mol. The Bertz CT molecular complexity index is 1320. The van der Waals surface area contributed by atoms with Crippen LogP contribution in [0, 0.1) is 6.92 Å². The number of nitrogens with zero attached hydrogens (tertiary/aromatic N) is 1. The van der Waals surface area contributed by atoms with Crippen molar-refractivity contribution in [1.82, 2.24) is 0 Å². The van der Waals surface area contributed by atoms with Crippen molar-refractivity contribution < 1.29 is 24.2 Å². The maximum Gasteiger partial charge on any atom is 0.300 e. The Morgan fingerprint density at radius 3 is 2.40 bits per heavy atom. The van der Waals surface area contributed by atoms with Crippen molar-refractivity contribution in [2.24, 2.45) is 0 Å². The molecule has 180 valence electrons. The molecule has 4 rings (SSSR count). The zero-order valence-electron chi connectivity index (χ0n) is 19.7. The highest BCUT2D eigenvalue weighted by Crippen LogP contribution is 2.43. The zero-order chi connectivity index (χ0) is 25.1. The highest BCUT2D eigenvalue weighted by Gasteiger charge is 2.47. The number of aliphatic hydroxyl groups excluding tert-OH is 1. The Labute approximate surface area is 209 Å². The fourth-order valence-corrected chi connectivity index (χ4v) is 4.44. The van der Waals surface area contributed by atoms with Gasteiger partial charge in [0.05, 0.1) is 24.8 Å². The van der Waals surface area contributed by atoms with Crippen LogP contribution in [-0.4, -0.2) is 30.0 Å². The Kier molecular flexibility index (Phi) is 7.12. The number of Topliss-reactive ketones (excluding diaryl/α,β-unsaturated/α-hetero) is 1. The molecule has 1 heterocycles. The highest BCUT2D eigenvalue weighted by atomic mass is 35.5. The summed E-state index contributed by atoms with van der Waals surface area (Å²) in [5.41, 5.74) is 2.29. The van der Waals surface area contributed by atoms with Gasteiger partial charge in [-0.2, -0.15) is 0 Å². The summed E-state index contributed by atoms with van der Waals surface area (Å²) in [7, 11) is 0. The normalized spacial score (nSPS) is 17.0. The van der Waals surface area contributed by atoms with Gasteiger partial charge in [0.1, 0.15) is 17.3 Å². The Balaban J connectivity index is 1.92. The van der Waals surface area contributed by atoms with Crippen molar-refractivity contribution in [1.29, 1.82) is 0 Å². The van der Waals surface area contributed by atoms with E-state index in [1.807, 2.05) is 20.8 Å². The number of aliphatic hydroxyl groups is 1. The van der Waals surface area contributed by atoms with Gasteiger partial charge in [-0.3, -0.25) is 14.5 Å². The average Bonchev–Trinajstić information content (AvgIpc) is 3.11. The minimum Gasteiger partial charge on any atom is -0.507 e. The van der Waals surface area contributed by atoms with Gasteiger partial charge < -0.3 is 14.6 Å². The van der Waals surface area contributed by atoms with E-state index in [-0.39, 0.29) is 11.3 Å². The molecule has 1 unspecified atom stereocenters. The van der Waals surface area contributed by atoms with E-state index in [9.17, 15) is 14.7 Å². The molecule has 3 aromatic rings. The van der Waals surface area contributed by atoms with Crippen LogP contribution in [0.4, 0.5) is 5.69 Å². The van der Waals surface area contributed by atoms with E-state index in [0.29, 0.717) is 46.5 Å². The second-order valence-corrected chi connectivity index (χ2v) is 8.50. The summed E-state index contributed by atoms with van der Waals surface area (Å²) in [5, 5.41) is 11.8. The number of benzene rings is 3. The molecule has 0 aromatic heterocycles. The second-order valence-electron chi connectivity index (χ2n) is 8.07. The van der Waals surface area contributed by atoms with Gasteiger partial charge in [0.25, 0.3) is 11.7 Å². The molecule has 35 heavy (non-hydrogen) atoms. The van der Waals surface area contributed by atoms with Gasteiger partial charge in [0.2, 0.25) is 0 Å². The molecule has 1 aliphatic rings. The molecule has 0 radical (unpaired) electrons. The van der Waals surface area contributed by atoms with Crippen molar-refractivity contribution >= 4 is 34.7 Å². The second kappa shape index (κ2) is 10.2. The number of ketones is 1. The van der Waals surface area contributed by atoms with Gasteiger partial charge in [-0.15, -0.1) is 0 Å². The molecule has 0 bridgehead atoms. The van der Waals surface area contributed by atoms with Gasteiger partial charge in [-0.05, 0) is 80.4 Å². The SMILES string of the molecule is CCOc1cccc(C2/C(=C(\O)c3ccc(OCC)c(C)c3)C(=O)C(=O)N2c2cccc(Cl)c2)c1. The molecule has 1 saturated heterocycles. The van der Waals surface area contributed by atoms with Crippen LogP contribution < -0.4 is 14.4 Å². The smallest absolute Gasteiger partial charge is 0.300 e. The largest absolute Gasteiger partial charge is 0.507 e. The molecule has 1 atom stereocenters. The van der Waals surface area contributed by atoms with Crippen LogP contribution >= 0.6 is 11.6 Å². The summed E-state index contributed by atoms with van der Waals surface area (Å²) in [6.45, 7) is 6.59. The number of ether oxygens (including phenoxy) is 2. The highest BCUT2D eigenvalue weighted by molar-refractivity contribution is 6.51. The van der Waals surface area contributed by atoms with Crippen molar-refractivity contribution in [2.45, 2.75) is 26.8 Å². The van der Waals surface area contributed by atoms with E-state index >= 15 is 0 Å². The Morgan fingerprint density at radius 1 is 0.971 bits per heavy atom. The summed E-state index contributed by atoms with van der Waals surface area (Å²) in [4.78, 5) is 28.0. The first-order valence-corrected chi connectivity index (χ1v) is 11.8. The van der Waals surface area contributed by atoms with E-state index < -0.39 is 17.7 Å². The lowest BCUT2D eigenvalue weighted by molar-refractivity contribution is -0.132. The number of hydrogen-bond donors (Lipinski definition) is 1. The maximum atomic E-state index is 13.3. The van der Waals surface area contributed by atoms with Crippen LogP contribution in [0.25, 0.3) is 5.76 Å². The number of amides is 1. The van der Waals surface area contributed by atoms with E-state index in [4.69, 9.17) is 21.1 Å². The van der Waals surface area contributed by atoms with Gasteiger partial charge in [0, 0.05) is 16.3 Å². The van der Waals surface area contributed by atoms with Crippen molar-refractivity contribution in [2.75, 3.05) is 18.1 Å². The molecule has 7 heteroatoms. The summed E-state index contributed by atoms with van der Waals surface area (Å²) < 4.78 is 11.2. The molecular formula is C28H26ClNO5. The summed E-state index contributed by atoms with van der Waals surface area (Å²) in [6.07, 6.45) is 0. The minimum absolute atomic E-state index is 0.00724. The number of aryl methyl sites for hydroxylation is 1. The van der Waals surface area contributed by atoms with Crippen molar-refractivity contribution in [3.8, 4) is 11.5 Å². The first-order valence-electron chi connectivity index (χ1n) is 11.4. The van der Waals surface area contributed by atoms with Crippen LogP contribution in [0.2, 0.25) is 5.02 Å². The van der Waals surface area contributed by atoms with E-state index in [1.54, 1.807) is 66.7 Å². The van der Waals surface area contributed by atoms with Crippen LogP contribution in [0.15, 0.2) is 72.3 Å². The van der Waals surface area contributed by atoms with Gasteiger partial charge in [-0.25, -0.2) is 0 Å². The lowest BCUT2D eigenvalue weighted by atomic mass is 9.94. The van der Waals surface area contributed by atoms with Crippen LogP contribution in [0.1, 0.15) is 36.6 Å². The standard InChI is InChI=1S/C28H26ClNO5/c1-4-34-22-11-6-8-18(15-22)25-24(26(31)19-12-13-23(35-5-2)17(3)14-19)27(32)28(33)30(25)21-10-7-9-20(29)16-21/h6-16,25,31H,4-5H2,1-3H3/b26-24+. The first-order chi connectivity index (χ1) is 16.8. The monoisotopic (exact) mass is 491 g/mol. The first kappa shape index (κ1) is 24.4. The molecule has 0 saturated carbocycles. The van der Waals surface area contributed by atoms with Gasteiger partial charge in [0.15, 0.2) is 0 Å². The molecular weight excluding hydrogens is 466 g/mol. The summed E-state index contributed by atoms with van der Waals surface area (Å²) in [5.74, 6) is -0.502. The molecule has 1 amide bonds. The van der Waals surface area contributed by atoms with Crippen LogP contribution in [0.5, 0.6) is 11.5 Å². The van der Waals surface area contributed by atoms with Crippen molar-refractivity contribution in [3.05, 3.63) is 94.0 Å². The number of hydrogen-bond acceptors (Lipinski definition) is 5. The fourth-order valence-electron chi connectivity index (χ4n) is 4.25. The van der Waals surface area contributed by atoms with Crippen LogP contribution in [-0.2, 0) is 9.59 Å². The van der Waals surface area contributed by atoms with Crippen LogP contribution in [0.3, 0.4) is 0 Å². The molecule has 6 nitrogen and oxygen atoms in total. The van der Waals surface area contributed by atoms with E-state index in [0.717, 1.165) is 5.56 Å². The molecule has 1 N–H and O–H groups in total. The van der Waals surface area contributed by atoms with Gasteiger partial charge >= 0.3 is 0 Å². The zero-order valence-corrected chi connectivity index (χ0v) is 20.5. The van der Waals surface area contributed by atoms with E-state index in [1.165, 1.54) is 4.90 Å². The third-order valence-corrected chi connectivity index (χ3v) is 6.00. The summed E-state index contributed by atoms with van der Waals surface area (Å²) in [6, 6.07) is 18.2. The molecule has 0 spiro atoms. The molecule has 3 aromatic carbocycles. The Hall–Kier alpha value is -3.77. The van der Waals surface area contributed by atoms with Gasteiger partial charge in [-0.1, -0.05) is 29.8 Å². The average molecular weight is 492 g/mol. The third-order valence-electron chi connectivity index (χ3n) is 5.76. The minimum atomic E-state index is -0.874. The topological polar surface area (TPSA) is 76.1 Å². The predicted octanol–water partition coefficient (Wildman–Crippen LogP) is 6.07. The number of rotatable bonds is 7. The number of carbonyl (C=O) groups excluding carboxylic acids is 2. The number of anilines is 1. The number of carbonyl (C=O) groups is 2. The fraction of sp³-hybridized carbons (Fsp3) is 0.214. The van der Waals surface area contributed by atoms with Crippen molar-refractivity contribution in [3.63, 3.8) is 0 Å². The maximum absolute atomic E-state index is 13.3.